The zero-order valence-electron chi connectivity index (χ0n) is 13.1. The maximum atomic E-state index is 12.1. The van der Waals surface area contributed by atoms with Crippen LogP contribution in [0.3, 0.4) is 0 Å². The monoisotopic (exact) mass is 310 g/mol. The molecule has 2 rings (SSSR count). The highest BCUT2D eigenvalue weighted by atomic mass is 16.5. The van der Waals surface area contributed by atoms with Crippen molar-refractivity contribution < 1.29 is 23.7 Å². The van der Waals surface area contributed by atoms with Crippen molar-refractivity contribution in [2.75, 3.05) is 41.0 Å². The number of hydrogen-bond donors (Lipinski definition) is 2. The molecule has 0 radical (unpaired) electrons. The second kappa shape index (κ2) is 7.86. The Morgan fingerprint density at radius 1 is 1.27 bits per heavy atom. The van der Waals surface area contributed by atoms with Gasteiger partial charge < -0.3 is 29.6 Å². The van der Waals surface area contributed by atoms with Crippen molar-refractivity contribution in [2.45, 2.75) is 12.6 Å². The number of carbonyl (C=O) groups is 1. The molecule has 1 aliphatic heterocycles. The van der Waals surface area contributed by atoms with Gasteiger partial charge in [0, 0.05) is 25.2 Å². The number of hydrogen-bond acceptors (Lipinski definition) is 6. The molecule has 0 spiro atoms. The number of amides is 1. The van der Waals surface area contributed by atoms with Crippen LogP contribution in [0.1, 0.15) is 5.56 Å². The number of morpholine rings is 1. The molecule has 1 aromatic rings. The topological polar surface area (TPSA) is 78.1 Å². The first-order chi connectivity index (χ1) is 10.7. The van der Waals surface area contributed by atoms with Gasteiger partial charge in [0.2, 0.25) is 5.75 Å². The average molecular weight is 310 g/mol. The summed E-state index contributed by atoms with van der Waals surface area (Å²) in [5.41, 5.74) is 0.803. The minimum Gasteiger partial charge on any atom is -0.493 e. The Morgan fingerprint density at radius 2 is 2.05 bits per heavy atom. The molecule has 0 aromatic heterocycles. The summed E-state index contributed by atoms with van der Waals surface area (Å²) in [6.45, 7) is 2.15. The third kappa shape index (κ3) is 3.61. The molecular formula is C15H22N2O5. The van der Waals surface area contributed by atoms with Crippen LogP contribution in [0.15, 0.2) is 12.1 Å². The molecule has 7 nitrogen and oxygen atoms in total. The first-order valence-electron chi connectivity index (χ1n) is 7.09. The first kappa shape index (κ1) is 16.4. The van der Waals surface area contributed by atoms with Crippen molar-refractivity contribution in [3.05, 3.63) is 17.7 Å². The van der Waals surface area contributed by atoms with E-state index in [0.29, 0.717) is 36.9 Å². The molecule has 1 atom stereocenters. The van der Waals surface area contributed by atoms with Gasteiger partial charge in [-0.05, 0) is 12.1 Å². The van der Waals surface area contributed by atoms with E-state index in [1.165, 1.54) is 0 Å². The lowest BCUT2D eigenvalue weighted by Crippen LogP contribution is -2.47. The summed E-state index contributed by atoms with van der Waals surface area (Å²) < 4.78 is 21.4. The van der Waals surface area contributed by atoms with Gasteiger partial charge in [-0.3, -0.25) is 4.79 Å². The van der Waals surface area contributed by atoms with Crippen molar-refractivity contribution in [2.24, 2.45) is 0 Å². The van der Waals surface area contributed by atoms with Crippen molar-refractivity contribution in [1.29, 1.82) is 0 Å². The zero-order chi connectivity index (χ0) is 15.9. The highest BCUT2D eigenvalue weighted by Crippen LogP contribution is 2.39. The van der Waals surface area contributed by atoms with Crippen LogP contribution in [-0.4, -0.2) is 53.0 Å². The minimum absolute atomic E-state index is 0.149. The largest absolute Gasteiger partial charge is 0.493 e. The number of nitrogens with one attached hydrogen (secondary N) is 2. The Kier molecular flexibility index (Phi) is 5.85. The number of methoxy groups -OCH3 is 3. The van der Waals surface area contributed by atoms with E-state index in [1.54, 1.807) is 27.4 Å². The smallest absolute Gasteiger partial charge is 0.250 e. The van der Waals surface area contributed by atoms with Crippen LogP contribution in [0.4, 0.5) is 0 Å². The summed E-state index contributed by atoms with van der Waals surface area (Å²) in [6, 6.07) is 3.61. The molecule has 0 aliphatic carbocycles. The van der Waals surface area contributed by atoms with Gasteiger partial charge >= 0.3 is 0 Å². The molecule has 1 fully saturated rings. The number of rotatable bonds is 6. The lowest BCUT2D eigenvalue weighted by atomic mass is 10.1. The zero-order valence-corrected chi connectivity index (χ0v) is 13.1. The third-order valence-corrected chi connectivity index (χ3v) is 3.46. The van der Waals surface area contributed by atoms with Crippen molar-refractivity contribution in [3.8, 4) is 17.2 Å². The Bertz CT molecular complexity index is 515. The van der Waals surface area contributed by atoms with E-state index in [-0.39, 0.29) is 5.91 Å². The van der Waals surface area contributed by atoms with Gasteiger partial charge in [0.1, 0.15) is 6.10 Å². The molecule has 1 aromatic carbocycles. The van der Waals surface area contributed by atoms with Crippen LogP contribution in [0.2, 0.25) is 0 Å². The maximum absolute atomic E-state index is 12.1. The van der Waals surface area contributed by atoms with Crippen molar-refractivity contribution in [3.63, 3.8) is 0 Å². The van der Waals surface area contributed by atoms with E-state index in [2.05, 4.69) is 10.6 Å². The van der Waals surface area contributed by atoms with Crippen LogP contribution in [0.25, 0.3) is 0 Å². The Hall–Kier alpha value is -1.99. The Morgan fingerprint density at radius 3 is 2.64 bits per heavy atom. The van der Waals surface area contributed by atoms with Gasteiger partial charge in [0.25, 0.3) is 5.91 Å². The van der Waals surface area contributed by atoms with Crippen LogP contribution in [0.5, 0.6) is 17.2 Å². The summed E-state index contributed by atoms with van der Waals surface area (Å²) >= 11 is 0. The van der Waals surface area contributed by atoms with Gasteiger partial charge in [-0.2, -0.15) is 0 Å². The normalized spacial score (nSPS) is 17.7. The fourth-order valence-corrected chi connectivity index (χ4v) is 2.33. The molecule has 1 aliphatic rings. The van der Waals surface area contributed by atoms with Crippen molar-refractivity contribution in [1.82, 2.24) is 10.6 Å². The number of benzene rings is 1. The lowest BCUT2D eigenvalue weighted by molar-refractivity contribution is -0.134. The highest BCUT2D eigenvalue weighted by Gasteiger charge is 2.22. The number of ether oxygens (including phenoxy) is 4. The van der Waals surface area contributed by atoms with Gasteiger partial charge in [0.05, 0.1) is 27.9 Å². The van der Waals surface area contributed by atoms with Gasteiger partial charge in [-0.1, -0.05) is 0 Å². The molecule has 0 saturated carbocycles. The predicted molar refractivity (Wildman–Crippen MR) is 80.6 cm³/mol. The summed E-state index contributed by atoms with van der Waals surface area (Å²) in [6.07, 6.45) is -0.458. The summed E-state index contributed by atoms with van der Waals surface area (Å²) in [5, 5.41) is 5.97. The second-order valence-electron chi connectivity index (χ2n) is 4.77. The fourth-order valence-electron chi connectivity index (χ4n) is 2.33. The summed E-state index contributed by atoms with van der Waals surface area (Å²) in [7, 11) is 4.66. The molecule has 2 N–H and O–H groups in total. The van der Waals surface area contributed by atoms with Crippen LogP contribution in [0, 0.1) is 0 Å². The van der Waals surface area contributed by atoms with E-state index < -0.39 is 6.10 Å². The summed E-state index contributed by atoms with van der Waals surface area (Å²) in [5.74, 6) is 1.48. The van der Waals surface area contributed by atoms with Crippen LogP contribution in [-0.2, 0) is 16.1 Å². The van der Waals surface area contributed by atoms with E-state index in [1.807, 2.05) is 6.07 Å². The quantitative estimate of drug-likeness (QED) is 0.788. The molecule has 1 amide bonds. The molecule has 7 heteroatoms. The SMILES string of the molecule is COc1ccc(CNC(=O)C2CNCCO2)c(OC)c1OC. The molecule has 1 unspecified atom stereocenters. The van der Waals surface area contributed by atoms with Crippen LogP contribution >= 0.6 is 0 Å². The third-order valence-electron chi connectivity index (χ3n) is 3.46. The molecule has 1 heterocycles. The average Bonchev–Trinajstić information content (AvgIpc) is 2.59. The highest BCUT2D eigenvalue weighted by molar-refractivity contribution is 5.81. The Labute approximate surface area is 129 Å². The van der Waals surface area contributed by atoms with Gasteiger partial charge in [-0.15, -0.1) is 0 Å². The molecule has 0 bridgehead atoms. The summed E-state index contributed by atoms with van der Waals surface area (Å²) in [4.78, 5) is 12.1. The molecule has 122 valence electrons. The lowest BCUT2D eigenvalue weighted by Gasteiger charge is -2.23. The van der Waals surface area contributed by atoms with Crippen molar-refractivity contribution >= 4 is 5.91 Å². The minimum atomic E-state index is -0.458. The van der Waals surface area contributed by atoms with Crippen LogP contribution < -0.4 is 24.8 Å². The first-order valence-corrected chi connectivity index (χ1v) is 7.09. The van der Waals surface area contributed by atoms with E-state index in [9.17, 15) is 4.79 Å². The predicted octanol–water partition coefficient (Wildman–Crippen LogP) is 0.317. The van der Waals surface area contributed by atoms with E-state index >= 15 is 0 Å². The van der Waals surface area contributed by atoms with Gasteiger partial charge in [-0.25, -0.2) is 0 Å². The Balaban J connectivity index is 2.07. The molecular weight excluding hydrogens is 288 g/mol. The van der Waals surface area contributed by atoms with E-state index in [4.69, 9.17) is 18.9 Å². The second-order valence-corrected chi connectivity index (χ2v) is 4.77. The number of carbonyl (C=O) groups excluding carboxylic acids is 1. The molecule has 1 saturated heterocycles. The van der Waals surface area contributed by atoms with E-state index in [0.717, 1.165) is 12.1 Å². The standard InChI is InChI=1S/C15H22N2O5/c1-19-11-5-4-10(13(20-2)14(11)21-3)8-17-15(18)12-9-16-6-7-22-12/h4-5,12,16H,6-9H2,1-3H3,(H,17,18). The van der Waals surface area contributed by atoms with Gasteiger partial charge in [0.15, 0.2) is 11.5 Å². The fraction of sp³-hybridized carbons (Fsp3) is 0.533. The molecule has 22 heavy (non-hydrogen) atoms. The maximum Gasteiger partial charge on any atom is 0.250 e.